The molecular formula is C20H21ClF3N5OS. The van der Waals surface area contributed by atoms with Crippen LogP contribution in [-0.2, 0) is 0 Å². The molecule has 1 fully saturated rings. The fourth-order valence-corrected chi connectivity index (χ4v) is 4.94. The number of aliphatic hydroxyl groups is 1. The first kappa shape index (κ1) is 22.0. The van der Waals surface area contributed by atoms with Gasteiger partial charge in [0.2, 0.25) is 5.95 Å². The third-order valence-electron chi connectivity index (χ3n) is 5.35. The minimum absolute atomic E-state index is 0.0177. The lowest BCUT2D eigenvalue weighted by molar-refractivity contribution is -0.138. The Morgan fingerprint density at radius 3 is 2.68 bits per heavy atom. The molecule has 1 aliphatic carbocycles. The zero-order valence-electron chi connectivity index (χ0n) is 16.6. The molecule has 0 unspecified atom stereocenters. The molecule has 0 bridgehead atoms. The maximum absolute atomic E-state index is 13.0. The van der Waals surface area contributed by atoms with Crippen molar-refractivity contribution in [3.05, 3.63) is 29.4 Å². The van der Waals surface area contributed by atoms with Gasteiger partial charge in [0, 0.05) is 12.6 Å². The third-order valence-corrected chi connectivity index (χ3v) is 6.68. The minimum atomic E-state index is -4.45. The van der Waals surface area contributed by atoms with E-state index >= 15 is 0 Å². The Morgan fingerprint density at radius 2 is 2.00 bits per heavy atom. The molecule has 3 N–H and O–H groups in total. The number of nitrogens with one attached hydrogen (secondary N) is 2. The summed E-state index contributed by atoms with van der Waals surface area (Å²) in [5.74, 6) is 0.307. The second-order valence-corrected chi connectivity index (χ2v) is 9.05. The molecule has 3 atom stereocenters. The minimum Gasteiger partial charge on any atom is -0.396 e. The second kappa shape index (κ2) is 8.76. The summed E-state index contributed by atoms with van der Waals surface area (Å²) in [4.78, 5) is 13.0. The molecule has 11 heteroatoms. The Labute approximate surface area is 185 Å². The Kier molecular flexibility index (Phi) is 6.23. The second-order valence-electron chi connectivity index (χ2n) is 7.66. The highest BCUT2D eigenvalue weighted by molar-refractivity contribution is 7.21. The Balaban J connectivity index is 1.73. The van der Waals surface area contributed by atoms with Crippen LogP contribution in [0.15, 0.2) is 24.3 Å². The Hall–Kier alpha value is -2.17. The van der Waals surface area contributed by atoms with E-state index in [4.69, 9.17) is 11.6 Å². The molecule has 2 heterocycles. The van der Waals surface area contributed by atoms with Crippen LogP contribution in [0.25, 0.3) is 20.8 Å². The summed E-state index contributed by atoms with van der Waals surface area (Å²) < 4.78 is 40.0. The lowest BCUT2D eigenvalue weighted by Gasteiger charge is -2.20. The van der Waals surface area contributed by atoms with Crippen molar-refractivity contribution in [2.24, 2.45) is 5.92 Å². The van der Waals surface area contributed by atoms with Crippen molar-refractivity contribution < 1.29 is 18.3 Å². The van der Waals surface area contributed by atoms with E-state index in [1.165, 1.54) is 11.3 Å². The number of anilines is 2. The summed E-state index contributed by atoms with van der Waals surface area (Å²) in [5.41, 5.74) is 1.25. The van der Waals surface area contributed by atoms with Crippen LogP contribution in [-0.4, -0.2) is 44.9 Å². The number of alkyl halides is 3. The number of nitrogens with zero attached hydrogens (tertiary/aromatic N) is 3. The number of aromatic nitrogens is 3. The van der Waals surface area contributed by atoms with Crippen molar-refractivity contribution in [1.29, 1.82) is 0 Å². The third kappa shape index (κ3) is 4.86. The van der Waals surface area contributed by atoms with Crippen molar-refractivity contribution >= 4 is 44.9 Å². The van der Waals surface area contributed by atoms with E-state index in [9.17, 15) is 18.3 Å². The number of para-hydroxylation sites is 1. The first-order valence-corrected chi connectivity index (χ1v) is 11.1. The predicted octanol–water partition coefficient (Wildman–Crippen LogP) is 5.34. The standard InChI is InChI=1S/C20H21ClF3N5OS/c1-10(20(22,23)24)25-19-28-16(21)15(18-27-13-4-2-3-5-14(13)31-18)17(29-19)26-12-7-6-11(8-12)9-30/h2-5,10-12,30H,6-9H2,1H3,(H2,25,26,28,29)/t10-,11+,12-/m0/s1. The van der Waals surface area contributed by atoms with Gasteiger partial charge in [0.25, 0.3) is 0 Å². The van der Waals surface area contributed by atoms with Gasteiger partial charge >= 0.3 is 6.18 Å². The smallest absolute Gasteiger partial charge is 0.396 e. The predicted molar refractivity (Wildman–Crippen MR) is 117 cm³/mol. The highest BCUT2D eigenvalue weighted by Crippen LogP contribution is 2.40. The first-order valence-electron chi connectivity index (χ1n) is 9.88. The quantitative estimate of drug-likeness (QED) is 0.421. The molecule has 0 amide bonds. The molecule has 1 saturated carbocycles. The van der Waals surface area contributed by atoms with Gasteiger partial charge in [-0.3, -0.25) is 0 Å². The van der Waals surface area contributed by atoms with Gasteiger partial charge in [0.1, 0.15) is 22.0 Å². The number of thiazole rings is 1. The molecule has 2 aromatic heterocycles. The fraction of sp³-hybridized carbons (Fsp3) is 0.450. The van der Waals surface area contributed by atoms with E-state index < -0.39 is 12.2 Å². The largest absolute Gasteiger partial charge is 0.408 e. The van der Waals surface area contributed by atoms with Crippen LogP contribution in [0.4, 0.5) is 24.9 Å². The van der Waals surface area contributed by atoms with Gasteiger partial charge < -0.3 is 15.7 Å². The number of aliphatic hydroxyl groups excluding tert-OH is 1. The van der Waals surface area contributed by atoms with Gasteiger partial charge in [-0.2, -0.15) is 18.2 Å². The number of benzene rings is 1. The van der Waals surface area contributed by atoms with E-state index in [2.05, 4.69) is 25.6 Å². The van der Waals surface area contributed by atoms with Crippen molar-refractivity contribution in [3.63, 3.8) is 0 Å². The molecule has 4 rings (SSSR count). The Bertz CT molecular complexity index is 1040. The molecule has 0 saturated heterocycles. The summed E-state index contributed by atoms with van der Waals surface area (Å²) in [6.07, 6.45) is -2.04. The van der Waals surface area contributed by atoms with Gasteiger partial charge in [-0.25, -0.2) is 9.97 Å². The summed E-state index contributed by atoms with van der Waals surface area (Å²) in [5, 5.41) is 15.6. The fourth-order valence-electron chi connectivity index (χ4n) is 3.61. The van der Waals surface area contributed by atoms with Crippen LogP contribution in [0.1, 0.15) is 26.2 Å². The van der Waals surface area contributed by atoms with E-state index in [-0.39, 0.29) is 29.7 Å². The zero-order valence-corrected chi connectivity index (χ0v) is 18.2. The van der Waals surface area contributed by atoms with Crippen LogP contribution in [0.3, 0.4) is 0 Å². The van der Waals surface area contributed by atoms with Crippen LogP contribution in [0.2, 0.25) is 5.15 Å². The molecule has 31 heavy (non-hydrogen) atoms. The summed E-state index contributed by atoms with van der Waals surface area (Å²) in [6.45, 7) is 1.10. The van der Waals surface area contributed by atoms with E-state index in [1.54, 1.807) is 0 Å². The van der Waals surface area contributed by atoms with Gasteiger partial charge in [-0.15, -0.1) is 11.3 Å². The molecule has 0 spiro atoms. The molecule has 3 aromatic rings. The molecule has 6 nitrogen and oxygen atoms in total. The average molecular weight is 472 g/mol. The first-order chi connectivity index (χ1) is 14.7. The van der Waals surface area contributed by atoms with Crippen molar-refractivity contribution in [2.75, 3.05) is 17.2 Å². The number of hydrogen-bond acceptors (Lipinski definition) is 7. The molecule has 1 aliphatic rings. The topological polar surface area (TPSA) is 83.0 Å². The van der Waals surface area contributed by atoms with Crippen molar-refractivity contribution in [2.45, 2.75) is 44.4 Å². The number of fused-ring (bicyclic) bond motifs is 1. The lowest BCUT2D eigenvalue weighted by Crippen LogP contribution is -2.34. The van der Waals surface area contributed by atoms with Gasteiger partial charge in [-0.05, 0) is 44.2 Å². The van der Waals surface area contributed by atoms with Crippen LogP contribution in [0, 0.1) is 5.92 Å². The lowest BCUT2D eigenvalue weighted by atomic mass is 10.1. The van der Waals surface area contributed by atoms with Gasteiger partial charge in [0.15, 0.2) is 0 Å². The van der Waals surface area contributed by atoms with E-state index in [1.807, 2.05) is 24.3 Å². The number of rotatable bonds is 6. The summed E-state index contributed by atoms with van der Waals surface area (Å²) in [7, 11) is 0. The molecular weight excluding hydrogens is 451 g/mol. The van der Waals surface area contributed by atoms with Gasteiger partial charge in [0.05, 0.1) is 15.8 Å². The molecule has 0 aliphatic heterocycles. The normalized spacial score (nSPS) is 20.2. The number of halogens is 4. The molecule has 1 aromatic carbocycles. The highest BCUT2D eigenvalue weighted by Gasteiger charge is 2.37. The van der Waals surface area contributed by atoms with Crippen molar-refractivity contribution in [1.82, 2.24) is 15.0 Å². The SMILES string of the molecule is C[C@H](Nc1nc(Cl)c(-c2nc3ccccc3s2)c(N[C@H]2CC[C@@H](CO)C2)n1)C(F)(F)F. The average Bonchev–Trinajstić information content (AvgIpc) is 3.33. The summed E-state index contributed by atoms with van der Waals surface area (Å²) >= 11 is 7.86. The zero-order chi connectivity index (χ0) is 22.2. The summed E-state index contributed by atoms with van der Waals surface area (Å²) in [6, 6.07) is 5.77. The van der Waals surface area contributed by atoms with Gasteiger partial charge in [-0.1, -0.05) is 23.7 Å². The monoisotopic (exact) mass is 471 g/mol. The molecule has 166 valence electrons. The highest BCUT2D eigenvalue weighted by atomic mass is 35.5. The van der Waals surface area contributed by atoms with Crippen LogP contribution >= 0.6 is 22.9 Å². The van der Waals surface area contributed by atoms with Crippen molar-refractivity contribution in [3.8, 4) is 10.6 Å². The Morgan fingerprint density at radius 1 is 1.23 bits per heavy atom. The van der Waals surface area contributed by atoms with Crippen LogP contribution < -0.4 is 10.6 Å². The number of hydrogen-bond donors (Lipinski definition) is 3. The maximum atomic E-state index is 13.0. The van der Waals surface area contributed by atoms with E-state index in [0.29, 0.717) is 16.4 Å². The van der Waals surface area contributed by atoms with E-state index in [0.717, 1.165) is 36.4 Å². The molecule has 0 radical (unpaired) electrons. The maximum Gasteiger partial charge on any atom is 0.408 e. The van der Waals surface area contributed by atoms with Crippen LogP contribution in [0.5, 0.6) is 0 Å².